The number of rotatable bonds is 4. The van der Waals surface area contributed by atoms with Crippen molar-refractivity contribution >= 4 is 49.9 Å². The quantitative estimate of drug-likeness (QED) is 0.220. The van der Waals surface area contributed by atoms with Crippen molar-refractivity contribution in [2.24, 2.45) is 4.99 Å². The number of nitrogens with zero attached hydrogens (tertiary/aromatic N) is 2. The molecule has 0 unspecified atom stereocenters. The molecule has 8 rings (SSSR count). The van der Waals surface area contributed by atoms with Gasteiger partial charge in [-0.1, -0.05) is 106 Å². The Bertz CT molecular complexity index is 2260. The largest absolute Gasteiger partial charge is 0.495 e. The van der Waals surface area contributed by atoms with Gasteiger partial charge in [0.2, 0.25) is 0 Å². The van der Waals surface area contributed by atoms with Gasteiger partial charge in [0, 0.05) is 21.0 Å². The second-order valence-corrected chi connectivity index (χ2v) is 12.8. The van der Waals surface area contributed by atoms with Crippen molar-refractivity contribution in [1.82, 2.24) is 9.55 Å². The molecule has 0 amide bonds. The molecule has 5 nitrogen and oxygen atoms in total. The van der Waals surface area contributed by atoms with Crippen LogP contribution in [0.4, 0.5) is 0 Å². The van der Waals surface area contributed by atoms with Crippen LogP contribution in [-0.2, 0) is 6.42 Å². The molecular weight excluding hydrogens is 618 g/mol. The number of allylic oxidation sites excluding steroid dienone is 1. The van der Waals surface area contributed by atoms with Gasteiger partial charge in [0.15, 0.2) is 4.80 Å². The molecule has 0 radical (unpaired) electrons. The maximum atomic E-state index is 14.4. The molecule has 1 N–H and O–H groups in total. The minimum Gasteiger partial charge on any atom is -0.495 e. The van der Waals surface area contributed by atoms with E-state index >= 15 is 0 Å². The molecule has 2 aromatic heterocycles. The summed E-state index contributed by atoms with van der Waals surface area (Å²) in [6.07, 6.45) is 3.82. The highest BCUT2D eigenvalue weighted by Crippen LogP contribution is 2.41. The van der Waals surface area contributed by atoms with Gasteiger partial charge < -0.3 is 9.72 Å². The second kappa shape index (κ2) is 10.4. The molecule has 0 saturated carbocycles. The number of fused-ring (bicyclic) bond motifs is 4. The van der Waals surface area contributed by atoms with Gasteiger partial charge in [-0.15, -0.1) is 0 Å². The second-order valence-electron chi connectivity index (χ2n) is 10.8. The van der Waals surface area contributed by atoms with Crippen LogP contribution in [-0.4, -0.2) is 16.7 Å². The Balaban J connectivity index is 1.41. The van der Waals surface area contributed by atoms with Crippen LogP contribution in [0.3, 0.4) is 0 Å². The van der Waals surface area contributed by atoms with E-state index in [0.717, 1.165) is 66.8 Å². The van der Waals surface area contributed by atoms with Crippen LogP contribution in [0, 0.1) is 0 Å². The molecule has 6 aromatic rings. The predicted molar refractivity (Wildman–Crippen MR) is 177 cm³/mol. The third-order valence-electron chi connectivity index (χ3n) is 8.45. The lowest BCUT2D eigenvalue weighted by Crippen LogP contribution is -2.38. The average Bonchev–Trinajstić information content (AvgIpc) is 3.58. The molecule has 0 fully saturated rings. The van der Waals surface area contributed by atoms with Crippen molar-refractivity contribution < 1.29 is 4.74 Å². The number of aromatic nitrogens is 2. The van der Waals surface area contributed by atoms with E-state index < -0.39 is 0 Å². The summed E-state index contributed by atoms with van der Waals surface area (Å²) in [5, 5.41) is 1.00. The van der Waals surface area contributed by atoms with Crippen molar-refractivity contribution in [2.45, 2.75) is 18.9 Å². The first-order valence-corrected chi connectivity index (χ1v) is 15.8. The number of aromatic amines is 1. The van der Waals surface area contributed by atoms with Gasteiger partial charge in [0.05, 0.1) is 34.6 Å². The topological polar surface area (TPSA) is 59.4 Å². The lowest BCUT2D eigenvalue weighted by molar-refractivity contribution is 0.419. The zero-order valence-corrected chi connectivity index (χ0v) is 25.7. The first kappa shape index (κ1) is 26.2. The monoisotopic (exact) mass is 643 g/mol. The van der Waals surface area contributed by atoms with E-state index in [9.17, 15) is 4.79 Å². The highest BCUT2D eigenvalue weighted by molar-refractivity contribution is 9.10. The average molecular weight is 645 g/mol. The highest BCUT2D eigenvalue weighted by atomic mass is 79.9. The minimum absolute atomic E-state index is 0.0293. The van der Waals surface area contributed by atoms with Crippen molar-refractivity contribution in [2.75, 3.05) is 7.11 Å². The third-order valence-corrected chi connectivity index (χ3v) is 9.96. The molecule has 1 aliphatic carbocycles. The van der Waals surface area contributed by atoms with Crippen molar-refractivity contribution in [1.29, 1.82) is 0 Å². The molecule has 210 valence electrons. The molecule has 43 heavy (non-hydrogen) atoms. The summed E-state index contributed by atoms with van der Waals surface area (Å²) in [5.74, 6) is 0.761. The third kappa shape index (κ3) is 4.26. The normalized spacial score (nSPS) is 16.0. The summed E-state index contributed by atoms with van der Waals surface area (Å²) < 4.78 is 9.26. The maximum absolute atomic E-state index is 14.4. The number of hydrogen-bond donors (Lipinski definition) is 1. The number of nitrogens with one attached hydrogen (secondary N) is 1. The summed E-state index contributed by atoms with van der Waals surface area (Å²) in [4.78, 5) is 23.9. The molecule has 1 atom stereocenters. The molecular formula is C36H26BrN3O2S. The first-order chi connectivity index (χ1) is 21.1. The van der Waals surface area contributed by atoms with Gasteiger partial charge in [0.1, 0.15) is 5.75 Å². The highest BCUT2D eigenvalue weighted by Gasteiger charge is 2.32. The zero-order chi connectivity index (χ0) is 29.1. The van der Waals surface area contributed by atoms with E-state index in [1.54, 1.807) is 7.11 Å². The minimum atomic E-state index is -0.216. The summed E-state index contributed by atoms with van der Waals surface area (Å²) in [6.45, 7) is 0. The summed E-state index contributed by atoms with van der Waals surface area (Å²) in [6, 6.07) is 32.8. The Morgan fingerprint density at radius 1 is 0.953 bits per heavy atom. The van der Waals surface area contributed by atoms with Crippen molar-refractivity contribution in [3.63, 3.8) is 0 Å². The Morgan fingerprint density at radius 2 is 1.74 bits per heavy atom. The Kier molecular flexibility index (Phi) is 6.31. The number of halogens is 1. The number of hydrogen-bond acceptors (Lipinski definition) is 4. The lowest BCUT2D eigenvalue weighted by atomic mass is 9.83. The Labute approximate surface area is 260 Å². The van der Waals surface area contributed by atoms with Crippen molar-refractivity contribution in [3.05, 3.63) is 149 Å². The smallest absolute Gasteiger partial charge is 0.271 e. The van der Waals surface area contributed by atoms with Gasteiger partial charge in [-0.05, 0) is 59.4 Å². The number of thiazole rings is 1. The van der Waals surface area contributed by atoms with E-state index in [4.69, 9.17) is 9.73 Å². The van der Waals surface area contributed by atoms with Crippen LogP contribution in [0.2, 0.25) is 0 Å². The number of benzene rings is 4. The standard InChI is InChI=1S/C36H26BrN3O2S/c1-42-29-13-7-12-26-28(31(38-33(26)29)22-9-3-2-4-10-22)20-30-35(41)40-34(23-14-17-24(37)18-15-23)27-19-16-21-8-5-6-11-25(21)32(27)39-36(40)43-30/h2-15,17-18,20,34,38H,16,19H2,1H3/b30-20+/t34-/m0/s1. The number of methoxy groups -OCH3 is 1. The molecule has 3 heterocycles. The fourth-order valence-electron chi connectivity index (χ4n) is 6.46. The lowest BCUT2D eigenvalue weighted by Gasteiger charge is -2.30. The van der Waals surface area contributed by atoms with Crippen LogP contribution in [0.15, 0.2) is 117 Å². The van der Waals surface area contributed by atoms with Gasteiger partial charge >= 0.3 is 0 Å². The van der Waals surface area contributed by atoms with E-state index in [0.29, 0.717) is 4.53 Å². The molecule has 0 spiro atoms. The molecule has 4 aromatic carbocycles. The van der Waals surface area contributed by atoms with Crippen LogP contribution in [0.5, 0.6) is 5.75 Å². The van der Waals surface area contributed by atoms with Crippen LogP contribution >= 0.6 is 27.3 Å². The van der Waals surface area contributed by atoms with E-state index in [1.807, 2.05) is 53.1 Å². The number of ether oxygens (including phenoxy) is 1. The molecule has 1 aliphatic heterocycles. The van der Waals surface area contributed by atoms with Crippen molar-refractivity contribution in [3.8, 4) is 17.0 Å². The first-order valence-electron chi connectivity index (χ1n) is 14.2. The fraction of sp³-hybridized carbons (Fsp3) is 0.111. The van der Waals surface area contributed by atoms with Gasteiger partial charge in [-0.25, -0.2) is 4.99 Å². The van der Waals surface area contributed by atoms with Crippen LogP contribution < -0.4 is 19.6 Å². The Hall–Kier alpha value is -4.46. The van der Waals surface area contributed by atoms with E-state index in [-0.39, 0.29) is 11.6 Å². The summed E-state index contributed by atoms with van der Waals surface area (Å²) in [7, 11) is 1.68. The number of aryl methyl sites for hydroxylation is 1. The Morgan fingerprint density at radius 3 is 2.56 bits per heavy atom. The molecule has 0 bridgehead atoms. The van der Waals surface area contributed by atoms with E-state index in [2.05, 4.69) is 75.5 Å². The fourth-order valence-corrected chi connectivity index (χ4v) is 7.71. The summed E-state index contributed by atoms with van der Waals surface area (Å²) in [5.41, 5.74) is 9.58. The SMILES string of the molecule is COc1cccc2c(/C=c3/sc4n(c3=O)[C@@H](c3ccc(Br)cc3)C3=C(N=4)c4ccccc4CC3)c(-c3ccccc3)[nH]c12. The summed E-state index contributed by atoms with van der Waals surface area (Å²) >= 11 is 5.04. The molecule has 0 saturated heterocycles. The van der Waals surface area contributed by atoms with Gasteiger partial charge in [-0.3, -0.25) is 9.36 Å². The number of H-pyrrole nitrogens is 1. The van der Waals surface area contributed by atoms with Gasteiger partial charge in [-0.2, -0.15) is 0 Å². The predicted octanol–water partition coefficient (Wildman–Crippen LogP) is 7.24. The molecule has 2 aliphatic rings. The van der Waals surface area contributed by atoms with Crippen LogP contribution in [0.25, 0.3) is 33.9 Å². The van der Waals surface area contributed by atoms with E-state index in [1.165, 1.54) is 28.0 Å². The number of para-hydroxylation sites is 1. The van der Waals surface area contributed by atoms with Gasteiger partial charge in [0.25, 0.3) is 5.56 Å². The van der Waals surface area contributed by atoms with Crippen LogP contribution in [0.1, 0.15) is 34.7 Å². The molecule has 7 heteroatoms. The zero-order valence-electron chi connectivity index (χ0n) is 23.3. The maximum Gasteiger partial charge on any atom is 0.271 e.